The summed E-state index contributed by atoms with van der Waals surface area (Å²) < 4.78 is 10.1. The van der Waals surface area contributed by atoms with Gasteiger partial charge in [-0.2, -0.15) is 0 Å². The first kappa shape index (κ1) is 16.2. The Morgan fingerprint density at radius 1 is 1.05 bits per heavy atom. The Labute approximate surface area is 127 Å². The van der Waals surface area contributed by atoms with Gasteiger partial charge >= 0.3 is 0 Å². The molecule has 0 aliphatic carbocycles. The second kappa shape index (κ2) is 8.34. The van der Waals surface area contributed by atoms with Gasteiger partial charge in [0.05, 0.1) is 19.8 Å². The molecule has 1 fully saturated rings. The molecule has 1 aliphatic rings. The number of piperazine rings is 1. The molecule has 0 spiro atoms. The molecule has 0 bridgehead atoms. The molecule has 0 unspecified atom stereocenters. The largest absolute Gasteiger partial charge is 0.497 e. The summed E-state index contributed by atoms with van der Waals surface area (Å²) in [4.78, 5) is 4.75. The number of ether oxygens (including phenoxy) is 2. The van der Waals surface area contributed by atoms with Crippen LogP contribution in [0.3, 0.4) is 0 Å². The van der Waals surface area contributed by atoms with Crippen LogP contribution in [-0.2, 0) is 11.3 Å². The minimum Gasteiger partial charge on any atom is -0.497 e. The SMILES string of the molecule is COC[C@H](O)CN1CCN(Cc2ccc(OC)cc2)CC1. The Morgan fingerprint density at radius 2 is 1.67 bits per heavy atom. The van der Waals surface area contributed by atoms with Crippen LogP contribution in [0.1, 0.15) is 5.56 Å². The zero-order valence-electron chi connectivity index (χ0n) is 13.0. The molecule has 1 aromatic rings. The van der Waals surface area contributed by atoms with Crippen molar-refractivity contribution >= 4 is 0 Å². The van der Waals surface area contributed by atoms with Crippen LogP contribution in [0.2, 0.25) is 0 Å². The normalized spacial score (nSPS) is 18.6. The maximum Gasteiger partial charge on any atom is 0.118 e. The van der Waals surface area contributed by atoms with E-state index in [1.807, 2.05) is 12.1 Å². The van der Waals surface area contributed by atoms with Gasteiger partial charge in [0, 0.05) is 46.4 Å². The lowest BCUT2D eigenvalue weighted by Crippen LogP contribution is -2.48. The summed E-state index contributed by atoms with van der Waals surface area (Å²) in [7, 11) is 3.31. The number of rotatable bonds is 7. The minimum atomic E-state index is -0.386. The topological polar surface area (TPSA) is 45.2 Å². The Kier molecular flexibility index (Phi) is 6.45. The molecule has 0 amide bonds. The summed E-state index contributed by atoms with van der Waals surface area (Å²) in [6, 6.07) is 8.25. The molecule has 0 saturated carbocycles. The van der Waals surface area contributed by atoms with Gasteiger partial charge in [-0.1, -0.05) is 12.1 Å². The molecule has 5 heteroatoms. The van der Waals surface area contributed by atoms with Gasteiger partial charge in [-0.15, -0.1) is 0 Å². The van der Waals surface area contributed by atoms with Crippen LogP contribution in [0.5, 0.6) is 5.75 Å². The van der Waals surface area contributed by atoms with Gasteiger partial charge in [0.2, 0.25) is 0 Å². The molecule has 1 heterocycles. The van der Waals surface area contributed by atoms with Gasteiger partial charge in [0.25, 0.3) is 0 Å². The molecule has 21 heavy (non-hydrogen) atoms. The van der Waals surface area contributed by atoms with Crippen molar-refractivity contribution in [3.05, 3.63) is 29.8 Å². The first-order valence-corrected chi connectivity index (χ1v) is 7.46. The van der Waals surface area contributed by atoms with E-state index in [2.05, 4.69) is 21.9 Å². The lowest BCUT2D eigenvalue weighted by atomic mass is 10.2. The number of benzene rings is 1. The van der Waals surface area contributed by atoms with Gasteiger partial charge < -0.3 is 14.6 Å². The summed E-state index contributed by atoms with van der Waals surface area (Å²) in [6.07, 6.45) is -0.386. The molecule has 1 N–H and O–H groups in total. The maximum absolute atomic E-state index is 9.76. The van der Waals surface area contributed by atoms with E-state index >= 15 is 0 Å². The average Bonchev–Trinajstić information content (AvgIpc) is 2.50. The Bertz CT molecular complexity index is 402. The van der Waals surface area contributed by atoms with Crippen molar-refractivity contribution in [2.24, 2.45) is 0 Å². The number of aliphatic hydroxyl groups is 1. The summed E-state index contributed by atoms with van der Waals surface area (Å²) in [5.74, 6) is 0.899. The fourth-order valence-electron chi connectivity index (χ4n) is 2.66. The highest BCUT2D eigenvalue weighted by atomic mass is 16.5. The lowest BCUT2D eigenvalue weighted by molar-refractivity contribution is 0.0230. The van der Waals surface area contributed by atoms with Crippen molar-refractivity contribution in [1.82, 2.24) is 9.80 Å². The third kappa shape index (κ3) is 5.28. The van der Waals surface area contributed by atoms with Gasteiger partial charge in [-0.3, -0.25) is 9.80 Å². The van der Waals surface area contributed by atoms with Gasteiger partial charge in [-0.25, -0.2) is 0 Å². The number of hydrogen-bond donors (Lipinski definition) is 1. The summed E-state index contributed by atoms with van der Waals surface area (Å²) >= 11 is 0. The molecule has 2 rings (SSSR count). The lowest BCUT2D eigenvalue weighted by Gasteiger charge is -2.35. The third-order valence-corrected chi connectivity index (χ3v) is 3.86. The molecule has 1 saturated heterocycles. The minimum absolute atomic E-state index is 0.386. The summed E-state index contributed by atoms with van der Waals surface area (Å²) in [5.41, 5.74) is 1.31. The standard InChI is InChI=1S/C16H26N2O3/c1-20-13-15(19)12-18-9-7-17(8-10-18)11-14-3-5-16(21-2)6-4-14/h3-6,15,19H,7-13H2,1-2H3/t15-/m1/s1. The Hall–Kier alpha value is -1.14. The molecule has 118 valence electrons. The van der Waals surface area contributed by atoms with Crippen molar-refractivity contribution < 1.29 is 14.6 Å². The quantitative estimate of drug-likeness (QED) is 0.807. The molecule has 5 nitrogen and oxygen atoms in total. The summed E-state index contributed by atoms with van der Waals surface area (Å²) in [5, 5.41) is 9.76. The van der Waals surface area contributed by atoms with Crippen molar-refractivity contribution in [2.75, 3.05) is 53.6 Å². The smallest absolute Gasteiger partial charge is 0.118 e. The predicted molar refractivity (Wildman–Crippen MR) is 82.6 cm³/mol. The highest BCUT2D eigenvalue weighted by Crippen LogP contribution is 2.14. The average molecular weight is 294 g/mol. The number of β-amino-alcohol motifs (C(OH)–C–C–N with tert-alkyl or cyclic N) is 1. The predicted octanol–water partition coefficient (Wildman–Crippen LogP) is 0.820. The van der Waals surface area contributed by atoms with E-state index in [1.54, 1.807) is 14.2 Å². The molecular formula is C16H26N2O3. The van der Waals surface area contributed by atoms with Crippen molar-refractivity contribution in [2.45, 2.75) is 12.6 Å². The second-order valence-electron chi connectivity index (χ2n) is 5.53. The number of methoxy groups -OCH3 is 2. The molecule has 0 aromatic heterocycles. The third-order valence-electron chi connectivity index (χ3n) is 3.86. The molecule has 0 radical (unpaired) electrons. The monoisotopic (exact) mass is 294 g/mol. The van der Waals surface area contributed by atoms with E-state index < -0.39 is 0 Å². The van der Waals surface area contributed by atoms with Crippen LogP contribution in [0, 0.1) is 0 Å². The van der Waals surface area contributed by atoms with Crippen LogP contribution in [-0.4, -0.2) is 74.6 Å². The highest BCUT2D eigenvalue weighted by Gasteiger charge is 2.19. The van der Waals surface area contributed by atoms with Crippen molar-refractivity contribution in [3.63, 3.8) is 0 Å². The first-order chi connectivity index (χ1) is 10.2. The van der Waals surface area contributed by atoms with Crippen molar-refractivity contribution in [1.29, 1.82) is 0 Å². The molecule has 1 aliphatic heterocycles. The van der Waals surface area contributed by atoms with Crippen LogP contribution in [0.25, 0.3) is 0 Å². The fourth-order valence-corrected chi connectivity index (χ4v) is 2.66. The molecule has 1 aromatic carbocycles. The molecular weight excluding hydrogens is 268 g/mol. The number of nitrogens with zero attached hydrogens (tertiary/aromatic N) is 2. The molecule has 1 atom stereocenters. The zero-order chi connectivity index (χ0) is 15.1. The van der Waals surface area contributed by atoms with E-state index in [0.29, 0.717) is 13.2 Å². The highest BCUT2D eigenvalue weighted by molar-refractivity contribution is 5.27. The van der Waals surface area contributed by atoms with E-state index in [4.69, 9.17) is 9.47 Å². The van der Waals surface area contributed by atoms with Crippen LogP contribution in [0.15, 0.2) is 24.3 Å². The summed E-state index contributed by atoms with van der Waals surface area (Å²) in [6.45, 7) is 6.14. The fraction of sp³-hybridized carbons (Fsp3) is 0.625. The zero-order valence-corrected chi connectivity index (χ0v) is 13.0. The van der Waals surface area contributed by atoms with Crippen LogP contribution < -0.4 is 4.74 Å². The van der Waals surface area contributed by atoms with E-state index in [-0.39, 0.29) is 6.10 Å². The van der Waals surface area contributed by atoms with Crippen LogP contribution in [0.4, 0.5) is 0 Å². The number of hydrogen-bond acceptors (Lipinski definition) is 5. The number of aliphatic hydroxyl groups excluding tert-OH is 1. The Morgan fingerprint density at radius 3 is 2.24 bits per heavy atom. The second-order valence-corrected chi connectivity index (χ2v) is 5.53. The van der Waals surface area contributed by atoms with E-state index in [0.717, 1.165) is 38.5 Å². The van der Waals surface area contributed by atoms with Gasteiger partial charge in [-0.05, 0) is 17.7 Å². The maximum atomic E-state index is 9.76. The van der Waals surface area contributed by atoms with Gasteiger partial charge in [0.1, 0.15) is 5.75 Å². The van der Waals surface area contributed by atoms with E-state index in [1.165, 1.54) is 5.56 Å². The van der Waals surface area contributed by atoms with Crippen LogP contribution >= 0.6 is 0 Å². The van der Waals surface area contributed by atoms with E-state index in [9.17, 15) is 5.11 Å². The van der Waals surface area contributed by atoms with Gasteiger partial charge in [0.15, 0.2) is 0 Å². The first-order valence-electron chi connectivity index (χ1n) is 7.46. The Balaban J connectivity index is 1.73. The van der Waals surface area contributed by atoms with Crippen molar-refractivity contribution in [3.8, 4) is 5.75 Å².